The first-order chi connectivity index (χ1) is 8.43. The normalized spacial score (nSPS) is 11.9. The van der Waals surface area contributed by atoms with Gasteiger partial charge < -0.3 is 10.4 Å². The highest BCUT2D eigenvalue weighted by Gasteiger charge is 2.19. The summed E-state index contributed by atoms with van der Waals surface area (Å²) in [6, 6.07) is 6.01. The molecule has 18 heavy (non-hydrogen) atoms. The molecule has 0 heterocycles. The fourth-order valence-electron chi connectivity index (χ4n) is 1.61. The molecule has 1 atom stereocenters. The van der Waals surface area contributed by atoms with Crippen molar-refractivity contribution in [2.45, 2.75) is 26.3 Å². The lowest BCUT2D eigenvalue weighted by atomic mass is 10.0. The molecule has 0 saturated carbocycles. The third kappa shape index (κ3) is 3.94. The first-order valence-corrected chi connectivity index (χ1v) is 6.00. The molecule has 0 aliphatic carbocycles. The average molecular weight is 267 g/mol. The van der Waals surface area contributed by atoms with Gasteiger partial charge in [0.05, 0.1) is 11.3 Å². The molecule has 0 amide bonds. The molecule has 0 aromatic heterocycles. The zero-order valence-corrected chi connectivity index (χ0v) is 11.0. The van der Waals surface area contributed by atoms with Crippen molar-refractivity contribution < 1.29 is 9.90 Å². The van der Waals surface area contributed by atoms with Crippen LogP contribution < -0.4 is 5.32 Å². The fraction of sp³-hybridized carbons (Fsp3) is 0.385. The van der Waals surface area contributed by atoms with Gasteiger partial charge in [0.2, 0.25) is 0 Å². The molecule has 1 aromatic carbocycles. The van der Waals surface area contributed by atoms with Gasteiger partial charge in [0.1, 0.15) is 12.1 Å². The Balaban J connectivity index is 2.96. The summed E-state index contributed by atoms with van der Waals surface area (Å²) >= 11 is 5.85. The molecule has 1 unspecified atom stereocenters. The fourth-order valence-corrected chi connectivity index (χ4v) is 1.79. The van der Waals surface area contributed by atoms with E-state index in [1.807, 2.05) is 19.9 Å². The van der Waals surface area contributed by atoms with Crippen LogP contribution >= 0.6 is 11.6 Å². The standard InChI is InChI=1S/C13H15ClN2O2/c1-8(2)5-12(13(17)18)16-11-6-10(14)4-3-9(11)7-15/h3-4,6,8,12,16H,5H2,1-2H3,(H,17,18). The van der Waals surface area contributed by atoms with Crippen LogP contribution in [0.25, 0.3) is 0 Å². The predicted octanol–water partition coefficient (Wildman–Crippen LogP) is 3.12. The molecule has 0 saturated heterocycles. The minimum Gasteiger partial charge on any atom is -0.480 e. The molecule has 2 N–H and O–H groups in total. The first kappa shape index (κ1) is 14.3. The van der Waals surface area contributed by atoms with Crippen LogP contribution in [0.2, 0.25) is 5.02 Å². The third-order valence-corrected chi connectivity index (χ3v) is 2.67. The topological polar surface area (TPSA) is 73.1 Å². The van der Waals surface area contributed by atoms with E-state index in [9.17, 15) is 4.79 Å². The van der Waals surface area contributed by atoms with Gasteiger partial charge in [-0.1, -0.05) is 25.4 Å². The van der Waals surface area contributed by atoms with Crippen LogP contribution in [0.4, 0.5) is 5.69 Å². The van der Waals surface area contributed by atoms with Crippen molar-refractivity contribution in [3.8, 4) is 6.07 Å². The van der Waals surface area contributed by atoms with Gasteiger partial charge in [-0.2, -0.15) is 5.26 Å². The number of hydrogen-bond donors (Lipinski definition) is 2. The van der Waals surface area contributed by atoms with E-state index in [4.69, 9.17) is 22.0 Å². The summed E-state index contributed by atoms with van der Waals surface area (Å²) in [5.74, 6) is -0.698. The van der Waals surface area contributed by atoms with Crippen LogP contribution in [0.3, 0.4) is 0 Å². The maximum absolute atomic E-state index is 11.1. The zero-order chi connectivity index (χ0) is 13.7. The van der Waals surface area contributed by atoms with E-state index in [1.54, 1.807) is 18.2 Å². The number of halogens is 1. The second-order valence-corrected chi connectivity index (χ2v) is 4.90. The number of anilines is 1. The first-order valence-electron chi connectivity index (χ1n) is 5.63. The van der Waals surface area contributed by atoms with Gasteiger partial charge >= 0.3 is 5.97 Å². The Bertz CT molecular complexity index is 480. The molecule has 1 rings (SSSR count). The molecule has 0 spiro atoms. The maximum atomic E-state index is 11.1. The van der Waals surface area contributed by atoms with E-state index in [1.165, 1.54) is 0 Å². The third-order valence-electron chi connectivity index (χ3n) is 2.44. The molecule has 0 bridgehead atoms. The minimum atomic E-state index is -0.937. The molecular formula is C13H15ClN2O2. The number of carboxylic acid groups (broad SMARTS) is 1. The average Bonchev–Trinajstić information content (AvgIpc) is 2.27. The number of rotatable bonds is 5. The Morgan fingerprint density at radius 2 is 2.22 bits per heavy atom. The molecular weight excluding hydrogens is 252 g/mol. The van der Waals surface area contributed by atoms with Crippen molar-refractivity contribution >= 4 is 23.3 Å². The number of benzene rings is 1. The van der Waals surface area contributed by atoms with Crippen LogP contribution in [0.15, 0.2) is 18.2 Å². The van der Waals surface area contributed by atoms with E-state index in [2.05, 4.69) is 5.32 Å². The van der Waals surface area contributed by atoms with Crippen LogP contribution in [0.5, 0.6) is 0 Å². The second kappa shape index (κ2) is 6.27. The van der Waals surface area contributed by atoms with Gasteiger partial charge in [0.25, 0.3) is 0 Å². The monoisotopic (exact) mass is 266 g/mol. The van der Waals surface area contributed by atoms with Gasteiger partial charge in [-0.25, -0.2) is 4.79 Å². The zero-order valence-electron chi connectivity index (χ0n) is 10.3. The van der Waals surface area contributed by atoms with E-state index < -0.39 is 12.0 Å². The highest BCUT2D eigenvalue weighted by atomic mass is 35.5. The molecule has 96 valence electrons. The van der Waals surface area contributed by atoms with Crippen LogP contribution in [-0.2, 0) is 4.79 Å². The van der Waals surface area contributed by atoms with Crippen LogP contribution in [0, 0.1) is 17.2 Å². The predicted molar refractivity (Wildman–Crippen MR) is 70.7 cm³/mol. The number of nitrogens with zero attached hydrogens (tertiary/aromatic N) is 1. The van der Waals surface area contributed by atoms with E-state index in [0.29, 0.717) is 22.7 Å². The Kier molecular flexibility index (Phi) is 4.99. The summed E-state index contributed by atoms with van der Waals surface area (Å²) in [5.41, 5.74) is 0.840. The van der Waals surface area contributed by atoms with Gasteiger partial charge in [-0.3, -0.25) is 0 Å². The SMILES string of the molecule is CC(C)CC(Nc1cc(Cl)ccc1C#N)C(=O)O. The van der Waals surface area contributed by atoms with Gasteiger partial charge in [-0.15, -0.1) is 0 Å². The van der Waals surface area contributed by atoms with Crippen molar-refractivity contribution in [1.29, 1.82) is 5.26 Å². The minimum absolute atomic E-state index is 0.239. The summed E-state index contributed by atoms with van der Waals surface area (Å²) in [6.45, 7) is 3.89. The molecule has 0 radical (unpaired) electrons. The van der Waals surface area contributed by atoms with Crippen molar-refractivity contribution in [2.75, 3.05) is 5.32 Å². The summed E-state index contributed by atoms with van der Waals surface area (Å²) in [5, 5.41) is 21.4. The van der Waals surface area contributed by atoms with Crippen LogP contribution in [0.1, 0.15) is 25.8 Å². The number of hydrogen-bond acceptors (Lipinski definition) is 3. The summed E-state index contributed by atoms with van der Waals surface area (Å²) in [4.78, 5) is 11.1. The van der Waals surface area contributed by atoms with E-state index in [-0.39, 0.29) is 5.92 Å². The number of nitriles is 1. The number of nitrogens with one attached hydrogen (secondary N) is 1. The van der Waals surface area contributed by atoms with Gasteiger partial charge in [0, 0.05) is 5.02 Å². The molecule has 1 aromatic rings. The van der Waals surface area contributed by atoms with Crippen molar-refractivity contribution in [1.82, 2.24) is 0 Å². The summed E-state index contributed by atoms with van der Waals surface area (Å²) in [6.07, 6.45) is 0.479. The molecule has 0 fully saturated rings. The second-order valence-electron chi connectivity index (χ2n) is 4.47. The number of carbonyl (C=O) groups is 1. The van der Waals surface area contributed by atoms with Gasteiger partial charge in [-0.05, 0) is 30.5 Å². The summed E-state index contributed by atoms with van der Waals surface area (Å²) in [7, 11) is 0. The van der Waals surface area contributed by atoms with Crippen molar-refractivity contribution in [3.63, 3.8) is 0 Å². The maximum Gasteiger partial charge on any atom is 0.326 e. The Labute approximate surface area is 111 Å². The number of carboxylic acids is 1. The van der Waals surface area contributed by atoms with Crippen molar-refractivity contribution in [2.24, 2.45) is 5.92 Å². The highest BCUT2D eigenvalue weighted by molar-refractivity contribution is 6.30. The quantitative estimate of drug-likeness (QED) is 0.859. The van der Waals surface area contributed by atoms with Crippen molar-refractivity contribution in [3.05, 3.63) is 28.8 Å². The van der Waals surface area contributed by atoms with E-state index in [0.717, 1.165) is 0 Å². The molecule has 4 nitrogen and oxygen atoms in total. The lowest BCUT2D eigenvalue weighted by Crippen LogP contribution is -2.31. The number of aliphatic carboxylic acids is 1. The smallest absolute Gasteiger partial charge is 0.326 e. The van der Waals surface area contributed by atoms with Crippen LogP contribution in [-0.4, -0.2) is 17.1 Å². The molecule has 0 aliphatic rings. The molecule has 5 heteroatoms. The lowest BCUT2D eigenvalue weighted by molar-refractivity contribution is -0.138. The summed E-state index contributed by atoms with van der Waals surface area (Å²) < 4.78 is 0. The Morgan fingerprint density at radius 3 is 2.72 bits per heavy atom. The Morgan fingerprint density at radius 1 is 1.56 bits per heavy atom. The van der Waals surface area contributed by atoms with Gasteiger partial charge in [0.15, 0.2) is 0 Å². The molecule has 0 aliphatic heterocycles. The highest BCUT2D eigenvalue weighted by Crippen LogP contribution is 2.22. The van der Waals surface area contributed by atoms with E-state index >= 15 is 0 Å². The largest absolute Gasteiger partial charge is 0.480 e. The lowest BCUT2D eigenvalue weighted by Gasteiger charge is -2.18. The Hall–Kier alpha value is -1.73.